The van der Waals surface area contributed by atoms with Gasteiger partial charge in [-0.25, -0.2) is 4.79 Å². The van der Waals surface area contributed by atoms with E-state index in [1.165, 1.54) is 36.8 Å². The maximum atomic E-state index is 12.1. The van der Waals surface area contributed by atoms with Gasteiger partial charge in [0.2, 0.25) is 0 Å². The topological polar surface area (TPSA) is 55.4 Å². The Hall–Kier alpha value is -1.36. The maximum Gasteiger partial charge on any atom is 0.328 e. The fourth-order valence-corrected chi connectivity index (χ4v) is 3.44. The van der Waals surface area contributed by atoms with E-state index >= 15 is 0 Å². The summed E-state index contributed by atoms with van der Waals surface area (Å²) in [5.74, 6) is -0.609. The van der Waals surface area contributed by atoms with Gasteiger partial charge in [-0.05, 0) is 44.2 Å². The smallest absolute Gasteiger partial charge is 0.328 e. The van der Waals surface area contributed by atoms with E-state index in [0.717, 1.165) is 12.8 Å². The number of carbonyl (C=O) groups is 2. The second kappa shape index (κ2) is 6.19. The number of esters is 1. The second-order valence-corrected chi connectivity index (χ2v) is 5.97. The molecular weight excluding hydrogens is 262 g/mol. The van der Waals surface area contributed by atoms with Crippen LogP contribution in [0.1, 0.15) is 46.3 Å². The second-order valence-electron chi connectivity index (χ2n) is 4.84. The molecule has 104 valence electrons. The molecule has 0 spiro atoms. The van der Waals surface area contributed by atoms with Crippen molar-refractivity contribution in [2.24, 2.45) is 0 Å². The van der Waals surface area contributed by atoms with Crippen LogP contribution in [-0.4, -0.2) is 25.0 Å². The molecule has 1 unspecified atom stereocenters. The van der Waals surface area contributed by atoms with Gasteiger partial charge in [0.1, 0.15) is 6.04 Å². The van der Waals surface area contributed by atoms with Gasteiger partial charge < -0.3 is 10.1 Å². The van der Waals surface area contributed by atoms with Gasteiger partial charge in [-0.15, -0.1) is 11.3 Å². The molecule has 1 aliphatic carbocycles. The lowest BCUT2D eigenvalue weighted by Gasteiger charge is -2.10. The van der Waals surface area contributed by atoms with Crippen molar-refractivity contribution in [3.63, 3.8) is 0 Å². The molecule has 0 aliphatic heterocycles. The first-order valence-electron chi connectivity index (χ1n) is 6.62. The van der Waals surface area contributed by atoms with Crippen LogP contribution in [0.3, 0.4) is 0 Å². The fraction of sp³-hybridized carbons (Fsp3) is 0.571. The van der Waals surface area contributed by atoms with E-state index in [1.807, 2.05) is 6.07 Å². The molecule has 0 bridgehead atoms. The molecule has 2 rings (SSSR count). The summed E-state index contributed by atoms with van der Waals surface area (Å²) in [5, 5.41) is 2.67. The maximum absolute atomic E-state index is 12.1. The Morgan fingerprint density at radius 3 is 2.79 bits per heavy atom. The zero-order chi connectivity index (χ0) is 13.8. The number of hydrogen-bond donors (Lipinski definition) is 1. The summed E-state index contributed by atoms with van der Waals surface area (Å²) in [5.41, 5.74) is 1.30. The van der Waals surface area contributed by atoms with Crippen molar-refractivity contribution in [2.45, 2.75) is 45.1 Å². The van der Waals surface area contributed by atoms with Crippen LogP contribution in [0, 0.1) is 0 Å². The lowest BCUT2D eigenvalue weighted by molar-refractivity contribution is -0.142. The molecular formula is C14H19NO3S. The van der Waals surface area contributed by atoms with Gasteiger partial charge in [0, 0.05) is 4.88 Å². The van der Waals surface area contributed by atoms with E-state index in [-0.39, 0.29) is 5.91 Å². The summed E-state index contributed by atoms with van der Waals surface area (Å²) in [6.45, 7) is 1.63. The molecule has 1 atom stereocenters. The largest absolute Gasteiger partial charge is 0.467 e. The van der Waals surface area contributed by atoms with Crippen LogP contribution in [0.25, 0.3) is 0 Å². The summed E-state index contributed by atoms with van der Waals surface area (Å²) < 4.78 is 4.60. The van der Waals surface area contributed by atoms with E-state index in [1.54, 1.807) is 18.3 Å². The number of thiophene rings is 1. The summed E-state index contributed by atoms with van der Waals surface area (Å²) in [6.07, 6.45) is 5.80. The highest BCUT2D eigenvalue weighted by Crippen LogP contribution is 2.28. The first-order chi connectivity index (χ1) is 9.11. The number of nitrogens with one attached hydrogen (secondary N) is 1. The van der Waals surface area contributed by atoms with Gasteiger partial charge in [-0.1, -0.05) is 6.42 Å². The Morgan fingerprint density at radius 1 is 1.32 bits per heavy atom. The minimum Gasteiger partial charge on any atom is -0.467 e. The highest BCUT2D eigenvalue weighted by atomic mass is 32.1. The van der Waals surface area contributed by atoms with Crippen LogP contribution in [0.4, 0.5) is 0 Å². The number of ether oxygens (including phenoxy) is 1. The van der Waals surface area contributed by atoms with Gasteiger partial charge in [0.05, 0.1) is 12.0 Å². The molecule has 1 heterocycles. The lowest BCUT2D eigenvalue weighted by atomic mass is 10.1. The molecule has 5 heteroatoms. The van der Waals surface area contributed by atoms with E-state index in [2.05, 4.69) is 10.1 Å². The van der Waals surface area contributed by atoms with Crippen molar-refractivity contribution >= 4 is 23.2 Å². The number of amides is 1. The third kappa shape index (κ3) is 3.35. The molecule has 1 aliphatic rings. The minimum absolute atomic E-state index is 0.184. The standard InChI is InChI=1S/C14H19NO3S/c1-9(14(17)18-2)15-13(16)12-8-10-6-4-3-5-7-11(10)19-12/h8-9H,3-7H2,1-2H3,(H,15,16). The molecule has 0 saturated heterocycles. The third-order valence-corrected chi connectivity index (χ3v) is 4.61. The van der Waals surface area contributed by atoms with Crippen LogP contribution in [-0.2, 0) is 22.4 Å². The van der Waals surface area contributed by atoms with E-state index < -0.39 is 12.0 Å². The number of carbonyl (C=O) groups excluding carboxylic acids is 2. The molecule has 0 radical (unpaired) electrons. The van der Waals surface area contributed by atoms with Crippen LogP contribution in [0.15, 0.2) is 6.07 Å². The molecule has 1 amide bonds. The number of methoxy groups -OCH3 is 1. The Kier molecular flexibility index (Phi) is 4.58. The summed E-state index contributed by atoms with van der Waals surface area (Å²) in [6, 6.07) is 1.37. The monoisotopic (exact) mass is 281 g/mol. The van der Waals surface area contributed by atoms with E-state index in [9.17, 15) is 9.59 Å². The molecule has 0 aromatic carbocycles. The molecule has 1 N–H and O–H groups in total. The first kappa shape index (κ1) is 14.1. The van der Waals surface area contributed by atoms with Gasteiger partial charge in [0.15, 0.2) is 0 Å². The van der Waals surface area contributed by atoms with Crippen molar-refractivity contribution in [3.8, 4) is 0 Å². The van der Waals surface area contributed by atoms with Crippen LogP contribution in [0.5, 0.6) is 0 Å². The van der Waals surface area contributed by atoms with E-state index in [4.69, 9.17) is 0 Å². The molecule has 0 saturated carbocycles. The van der Waals surface area contributed by atoms with Gasteiger partial charge >= 0.3 is 5.97 Å². The van der Waals surface area contributed by atoms with Crippen molar-refractivity contribution in [1.29, 1.82) is 0 Å². The Balaban J connectivity index is 2.06. The van der Waals surface area contributed by atoms with Gasteiger partial charge in [-0.2, -0.15) is 0 Å². The summed E-state index contributed by atoms with van der Waals surface area (Å²) >= 11 is 1.55. The van der Waals surface area contributed by atoms with Crippen molar-refractivity contribution < 1.29 is 14.3 Å². The SMILES string of the molecule is COC(=O)C(C)NC(=O)c1cc2c(s1)CCCCC2. The number of fused-ring (bicyclic) bond motifs is 1. The van der Waals surface area contributed by atoms with Gasteiger partial charge in [0.25, 0.3) is 5.91 Å². The number of rotatable bonds is 3. The highest BCUT2D eigenvalue weighted by molar-refractivity contribution is 7.14. The molecule has 4 nitrogen and oxygen atoms in total. The first-order valence-corrected chi connectivity index (χ1v) is 7.43. The fourth-order valence-electron chi connectivity index (χ4n) is 2.28. The quantitative estimate of drug-likeness (QED) is 0.683. The van der Waals surface area contributed by atoms with Crippen LogP contribution in [0.2, 0.25) is 0 Å². The highest BCUT2D eigenvalue weighted by Gasteiger charge is 2.20. The normalized spacial score (nSPS) is 16.1. The van der Waals surface area contributed by atoms with Crippen molar-refractivity contribution in [1.82, 2.24) is 5.32 Å². The summed E-state index contributed by atoms with van der Waals surface area (Å²) in [4.78, 5) is 25.4. The average molecular weight is 281 g/mol. The average Bonchev–Trinajstić information content (AvgIpc) is 2.69. The number of aryl methyl sites for hydroxylation is 2. The lowest BCUT2D eigenvalue weighted by Crippen LogP contribution is -2.38. The predicted molar refractivity (Wildman–Crippen MR) is 74.5 cm³/mol. The van der Waals surface area contributed by atoms with Gasteiger partial charge in [-0.3, -0.25) is 4.79 Å². The van der Waals surface area contributed by atoms with Crippen LogP contribution >= 0.6 is 11.3 Å². The minimum atomic E-state index is -0.612. The van der Waals surface area contributed by atoms with E-state index in [0.29, 0.717) is 4.88 Å². The molecule has 19 heavy (non-hydrogen) atoms. The zero-order valence-electron chi connectivity index (χ0n) is 11.3. The molecule has 1 aromatic heterocycles. The predicted octanol–water partition coefficient (Wildman–Crippen LogP) is 2.31. The Labute approximate surface area is 117 Å². The Bertz CT molecular complexity index is 458. The number of hydrogen-bond acceptors (Lipinski definition) is 4. The molecule has 0 fully saturated rings. The molecule has 1 aromatic rings. The van der Waals surface area contributed by atoms with Crippen molar-refractivity contribution in [3.05, 3.63) is 21.4 Å². The third-order valence-electron chi connectivity index (χ3n) is 3.37. The van der Waals surface area contributed by atoms with Crippen LogP contribution < -0.4 is 5.32 Å². The van der Waals surface area contributed by atoms with Crippen molar-refractivity contribution in [2.75, 3.05) is 7.11 Å². The summed E-state index contributed by atoms with van der Waals surface area (Å²) in [7, 11) is 1.32. The Morgan fingerprint density at radius 2 is 2.05 bits per heavy atom. The zero-order valence-corrected chi connectivity index (χ0v) is 12.1.